The number of carbonyl (C=O) groups is 1. The first-order chi connectivity index (χ1) is 17.1. The van der Waals surface area contributed by atoms with Crippen LogP contribution in [-0.4, -0.2) is 50.1 Å². The van der Waals surface area contributed by atoms with Gasteiger partial charge in [-0.2, -0.15) is 0 Å². The number of nitrogens with zero attached hydrogens (tertiary/aromatic N) is 4. The number of aromatic nitrogens is 4. The van der Waals surface area contributed by atoms with Crippen LogP contribution in [0.15, 0.2) is 61.1 Å². The predicted molar refractivity (Wildman–Crippen MR) is 136 cm³/mol. The lowest BCUT2D eigenvalue weighted by Gasteiger charge is -2.08. The number of thiophene rings is 1. The van der Waals surface area contributed by atoms with Gasteiger partial charge in [-0.3, -0.25) is 14.2 Å². The highest BCUT2D eigenvalue weighted by Gasteiger charge is 2.15. The van der Waals surface area contributed by atoms with Crippen LogP contribution in [0.1, 0.15) is 11.3 Å². The highest BCUT2D eigenvalue weighted by Crippen LogP contribution is 2.36. The number of benzene rings is 1. The molecule has 4 aromatic heterocycles. The lowest BCUT2D eigenvalue weighted by Crippen LogP contribution is -2.28. The minimum atomic E-state index is -0.195. The molecule has 3 N–H and O–H groups in total. The summed E-state index contributed by atoms with van der Waals surface area (Å²) in [5, 5.41) is 15.2. The molecular weight excluding hydrogens is 464 g/mol. The standard InChI is InChI=1S/C25H24N6O3S/c1-16-13-29-24-23(27-9-10-32)30-20-12-21(35-25(20)31(16)24)18-3-2-4-19(11-18)34-15-22(33)28-14-17-5-7-26-8-6-17/h2-8,11-13,32H,9-10,14-15H2,1H3,(H,27,30)(H,28,33). The number of nitrogens with one attached hydrogen (secondary N) is 2. The van der Waals surface area contributed by atoms with Crippen molar-refractivity contribution in [2.45, 2.75) is 13.5 Å². The second-order valence-electron chi connectivity index (χ2n) is 7.92. The van der Waals surface area contributed by atoms with Crippen LogP contribution < -0.4 is 15.4 Å². The number of rotatable bonds is 9. The Balaban J connectivity index is 1.34. The average Bonchev–Trinajstić information content (AvgIpc) is 3.49. The fraction of sp³-hybridized carbons (Fsp3) is 0.200. The summed E-state index contributed by atoms with van der Waals surface area (Å²) in [6.07, 6.45) is 5.20. The van der Waals surface area contributed by atoms with Crippen LogP contribution >= 0.6 is 11.3 Å². The molecule has 178 valence electrons. The summed E-state index contributed by atoms with van der Waals surface area (Å²) in [5.74, 6) is 1.05. The molecule has 5 rings (SSSR count). The fourth-order valence-corrected chi connectivity index (χ4v) is 4.87. The molecule has 35 heavy (non-hydrogen) atoms. The van der Waals surface area contributed by atoms with E-state index in [0.29, 0.717) is 24.7 Å². The van der Waals surface area contributed by atoms with Gasteiger partial charge in [0.25, 0.3) is 5.91 Å². The van der Waals surface area contributed by atoms with Crippen molar-refractivity contribution in [2.24, 2.45) is 0 Å². The predicted octanol–water partition coefficient (Wildman–Crippen LogP) is 3.41. The third-order valence-corrected chi connectivity index (χ3v) is 6.57. The quantitative estimate of drug-likeness (QED) is 0.291. The zero-order valence-corrected chi connectivity index (χ0v) is 19.9. The SMILES string of the molecule is Cc1cnc2c(NCCO)nc3cc(-c4cccc(OCC(=O)NCc5ccncc5)c4)sc3n12. The van der Waals surface area contributed by atoms with Crippen LogP contribution in [0.5, 0.6) is 5.75 Å². The number of imidazole rings is 1. The minimum absolute atomic E-state index is 0.00893. The lowest BCUT2D eigenvalue weighted by atomic mass is 10.2. The van der Waals surface area contributed by atoms with E-state index in [4.69, 9.17) is 9.72 Å². The molecule has 9 nitrogen and oxygen atoms in total. The first kappa shape index (κ1) is 22.8. The van der Waals surface area contributed by atoms with Crippen molar-refractivity contribution >= 4 is 39.1 Å². The topological polar surface area (TPSA) is 114 Å². The number of aliphatic hydroxyl groups is 1. The number of ether oxygens (including phenoxy) is 1. The Morgan fingerprint density at radius 3 is 2.89 bits per heavy atom. The molecule has 0 atom stereocenters. The number of pyridine rings is 1. The van der Waals surface area contributed by atoms with Crippen molar-refractivity contribution in [1.82, 2.24) is 24.7 Å². The maximum absolute atomic E-state index is 12.2. The molecule has 0 unspecified atom stereocenters. The number of aryl methyl sites for hydroxylation is 1. The van der Waals surface area contributed by atoms with E-state index >= 15 is 0 Å². The third kappa shape index (κ3) is 4.93. The van der Waals surface area contributed by atoms with E-state index in [1.165, 1.54) is 0 Å². The number of aliphatic hydroxyl groups excluding tert-OH is 1. The van der Waals surface area contributed by atoms with Crippen LogP contribution in [0, 0.1) is 6.92 Å². The van der Waals surface area contributed by atoms with E-state index in [9.17, 15) is 9.90 Å². The van der Waals surface area contributed by atoms with Crippen molar-refractivity contribution in [3.63, 3.8) is 0 Å². The maximum Gasteiger partial charge on any atom is 0.258 e. The Labute approximate surface area is 205 Å². The molecule has 0 saturated carbocycles. The number of fused-ring (bicyclic) bond motifs is 3. The molecule has 0 aliphatic carbocycles. The van der Waals surface area contributed by atoms with Gasteiger partial charge in [-0.05, 0) is 48.4 Å². The van der Waals surface area contributed by atoms with Crippen LogP contribution in [0.2, 0.25) is 0 Å². The second kappa shape index (κ2) is 10.1. The Kier molecular flexibility index (Phi) is 6.55. The van der Waals surface area contributed by atoms with Gasteiger partial charge in [0.2, 0.25) is 0 Å². The van der Waals surface area contributed by atoms with Gasteiger partial charge in [0.1, 0.15) is 16.1 Å². The van der Waals surface area contributed by atoms with E-state index in [1.54, 1.807) is 23.7 Å². The smallest absolute Gasteiger partial charge is 0.258 e. The molecule has 0 bridgehead atoms. The van der Waals surface area contributed by atoms with E-state index in [2.05, 4.69) is 25.0 Å². The summed E-state index contributed by atoms with van der Waals surface area (Å²) in [4.78, 5) is 27.4. The fourth-order valence-electron chi connectivity index (χ4n) is 3.72. The van der Waals surface area contributed by atoms with E-state index in [0.717, 1.165) is 37.7 Å². The van der Waals surface area contributed by atoms with E-state index < -0.39 is 0 Å². The molecule has 4 heterocycles. The molecule has 0 aliphatic heterocycles. The first-order valence-electron chi connectivity index (χ1n) is 11.1. The summed E-state index contributed by atoms with van der Waals surface area (Å²) in [6.45, 7) is 2.76. The van der Waals surface area contributed by atoms with Crippen LogP contribution in [0.4, 0.5) is 5.82 Å². The summed E-state index contributed by atoms with van der Waals surface area (Å²) in [5.41, 5.74) is 4.51. The van der Waals surface area contributed by atoms with Gasteiger partial charge < -0.3 is 20.5 Å². The number of hydrogen-bond acceptors (Lipinski definition) is 8. The Morgan fingerprint density at radius 2 is 2.06 bits per heavy atom. The monoisotopic (exact) mass is 488 g/mol. The molecule has 0 fully saturated rings. The molecule has 5 aromatic rings. The molecule has 0 aliphatic rings. The first-order valence-corrected chi connectivity index (χ1v) is 11.9. The van der Waals surface area contributed by atoms with Crippen LogP contribution in [-0.2, 0) is 11.3 Å². The molecule has 1 amide bonds. The van der Waals surface area contributed by atoms with Crippen molar-refractivity contribution < 1.29 is 14.6 Å². The van der Waals surface area contributed by atoms with Crippen molar-refractivity contribution in [3.05, 3.63) is 72.3 Å². The maximum atomic E-state index is 12.2. The Morgan fingerprint density at radius 1 is 1.20 bits per heavy atom. The van der Waals surface area contributed by atoms with Gasteiger partial charge in [0, 0.05) is 42.3 Å². The van der Waals surface area contributed by atoms with Crippen molar-refractivity contribution in [1.29, 1.82) is 0 Å². The summed E-state index contributed by atoms with van der Waals surface area (Å²) >= 11 is 1.61. The molecule has 0 spiro atoms. The number of amides is 1. The summed E-state index contributed by atoms with van der Waals surface area (Å²) < 4.78 is 7.82. The molecule has 0 saturated heterocycles. The van der Waals surface area contributed by atoms with E-state index in [-0.39, 0.29) is 19.1 Å². The van der Waals surface area contributed by atoms with Gasteiger partial charge in [0.05, 0.1) is 6.61 Å². The Hall–Kier alpha value is -4.02. The summed E-state index contributed by atoms with van der Waals surface area (Å²) in [7, 11) is 0. The molecule has 0 radical (unpaired) electrons. The second-order valence-corrected chi connectivity index (χ2v) is 8.95. The highest BCUT2D eigenvalue weighted by atomic mass is 32.1. The third-order valence-electron chi connectivity index (χ3n) is 5.41. The van der Waals surface area contributed by atoms with Gasteiger partial charge >= 0.3 is 0 Å². The van der Waals surface area contributed by atoms with Crippen LogP contribution in [0.3, 0.4) is 0 Å². The zero-order valence-electron chi connectivity index (χ0n) is 19.1. The number of carbonyl (C=O) groups excluding carboxylic acids is 1. The average molecular weight is 489 g/mol. The minimum Gasteiger partial charge on any atom is -0.484 e. The van der Waals surface area contributed by atoms with Crippen LogP contribution in [0.25, 0.3) is 26.4 Å². The largest absolute Gasteiger partial charge is 0.484 e. The van der Waals surface area contributed by atoms with Gasteiger partial charge in [0.15, 0.2) is 18.1 Å². The van der Waals surface area contributed by atoms with E-state index in [1.807, 2.05) is 55.6 Å². The molecule has 10 heteroatoms. The lowest BCUT2D eigenvalue weighted by molar-refractivity contribution is -0.123. The van der Waals surface area contributed by atoms with Gasteiger partial charge in [-0.1, -0.05) is 12.1 Å². The van der Waals surface area contributed by atoms with Crippen molar-refractivity contribution in [2.75, 3.05) is 25.1 Å². The Bertz CT molecular complexity index is 1480. The molecule has 1 aromatic carbocycles. The number of anilines is 1. The normalized spacial score (nSPS) is 11.1. The van der Waals surface area contributed by atoms with Gasteiger partial charge in [-0.25, -0.2) is 9.97 Å². The number of hydrogen-bond donors (Lipinski definition) is 3. The highest BCUT2D eigenvalue weighted by molar-refractivity contribution is 7.21. The summed E-state index contributed by atoms with van der Waals surface area (Å²) in [6, 6.07) is 13.4. The molecular formula is C25H24N6O3S. The van der Waals surface area contributed by atoms with Gasteiger partial charge in [-0.15, -0.1) is 11.3 Å². The zero-order chi connectivity index (χ0) is 24.2. The van der Waals surface area contributed by atoms with Crippen molar-refractivity contribution in [3.8, 4) is 16.2 Å².